The van der Waals surface area contributed by atoms with E-state index in [0.29, 0.717) is 19.0 Å². The zero-order valence-electron chi connectivity index (χ0n) is 13.9. The van der Waals surface area contributed by atoms with Crippen LogP contribution in [0.5, 0.6) is 0 Å². The number of aryl methyl sites for hydroxylation is 1. The molecule has 1 aliphatic carbocycles. The summed E-state index contributed by atoms with van der Waals surface area (Å²) in [7, 11) is -3.46. The minimum Gasteiger partial charge on any atom is -0.300 e. The third-order valence-corrected chi connectivity index (χ3v) is 6.67. The average Bonchev–Trinajstić information content (AvgIpc) is 3.23. The summed E-state index contributed by atoms with van der Waals surface area (Å²) in [4.78, 5) is 2.58. The van der Waals surface area contributed by atoms with Crippen LogP contribution in [-0.4, -0.2) is 48.8 Å². The molecule has 1 aromatic rings. The zero-order chi connectivity index (χ0) is 16.3. The second-order valence-corrected chi connectivity index (χ2v) is 8.49. The van der Waals surface area contributed by atoms with Crippen molar-refractivity contribution in [2.45, 2.75) is 63.1 Å². The Morgan fingerprint density at radius 1 is 1.26 bits per heavy atom. The normalized spacial score (nSPS) is 24.3. The summed E-state index contributed by atoms with van der Waals surface area (Å²) in [5.74, 6) is 0.421. The van der Waals surface area contributed by atoms with Crippen molar-refractivity contribution in [2.24, 2.45) is 5.92 Å². The number of aromatic nitrogens is 2. The Balaban J connectivity index is 1.52. The fraction of sp³-hybridized carbons (Fsp3) is 0.812. The molecule has 0 aromatic carbocycles. The first-order valence-electron chi connectivity index (χ1n) is 8.85. The van der Waals surface area contributed by atoms with Crippen LogP contribution < -0.4 is 4.72 Å². The lowest BCUT2D eigenvalue weighted by Gasteiger charge is -2.31. The van der Waals surface area contributed by atoms with Crippen LogP contribution in [0.4, 0.5) is 0 Å². The standard InChI is InChI=1S/C16H28N4O2S/c1-2-20-16(8-10-17-20)23(21,22)18-12-14-9-11-19(13-14)15-6-4-3-5-7-15/h8,10,14-15,18H,2-7,9,11-13H2,1H3. The van der Waals surface area contributed by atoms with Crippen LogP contribution in [0.1, 0.15) is 45.4 Å². The maximum atomic E-state index is 12.4. The minimum atomic E-state index is -3.46. The van der Waals surface area contributed by atoms with E-state index in [4.69, 9.17) is 0 Å². The molecule has 0 spiro atoms. The number of likely N-dealkylation sites (tertiary alicyclic amines) is 1. The fourth-order valence-corrected chi connectivity index (χ4v) is 5.19. The smallest absolute Gasteiger partial charge is 0.257 e. The second kappa shape index (κ2) is 7.32. The lowest BCUT2D eigenvalue weighted by molar-refractivity contribution is 0.185. The van der Waals surface area contributed by atoms with Gasteiger partial charge in [0, 0.05) is 25.7 Å². The molecule has 0 amide bonds. The first-order chi connectivity index (χ1) is 11.1. The molecule has 1 aromatic heterocycles. The van der Waals surface area contributed by atoms with Crippen LogP contribution in [0, 0.1) is 5.92 Å². The highest BCUT2D eigenvalue weighted by atomic mass is 32.2. The Morgan fingerprint density at radius 2 is 2.04 bits per heavy atom. The van der Waals surface area contributed by atoms with Gasteiger partial charge in [-0.2, -0.15) is 5.10 Å². The highest BCUT2D eigenvalue weighted by Gasteiger charge is 2.30. The van der Waals surface area contributed by atoms with Gasteiger partial charge in [0.1, 0.15) is 0 Å². The third-order valence-electron chi connectivity index (χ3n) is 5.22. The molecule has 130 valence electrons. The van der Waals surface area contributed by atoms with Gasteiger partial charge in [-0.25, -0.2) is 13.1 Å². The van der Waals surface area contributed by atoms with Crippen molar-refractivity contribution in [3.05, 3.63) is 12.3 Å². The minimum absolute atomic E-state index is 0.266. The van der Waals surface area contributed by atoms with Crippen LogP contribution in [-0.2, 0) is 16.6 Å². The van der Waals surface area contributed by atoms with Gasteiger partial charge in [0.05, 0.1) is 6.20 Å². The molecule has 1 unspecified atom stereocenters. The predicted molar refractivity (Wildman–Crippen MR) is 89.6 cm³/mol. The number of hydrogen-bond donors (Lipinski definition) is 1. The molecular formula is C16H28N4O2S. The molecular weight excluding hydrogens is 312 g/mol. The molecule has 0 bridgehead atoms. The summed E-state index contributed by atoms with van der Waals surface area (Å²) < 4.78 is 29.2. The van der Waals surface area contributed by atoms with Gasteiger partial charge in [-0.3, -0.25) is 4.68 Å². The van der Waals surface area contributed by atoms with Crippen LogP contribution in [0.15, 0.2) is 17.3 Å². The molecule has 23 heavy (non-hydrogen) atoms. The van der Waals surface area contributed by atoms with Crippen LogP contribution in [0.2, 0.25) is 0 Å². The molecule has 1 aliphatic heterocycles. The van der Waals surface area contributed by atoms with Gasteiger partial charge in [-0.15, -0.1) is 0 Å². The van der Waals surface area contributed by atoms with Gasteiger partial charge in [-0.05, 0) is 44.7 Å². The summed E-state index contributed by atoms with van der Waals surface area (Å²) in [5.41, 5.74) is 0. The van der Waals surface area contributed by atoms with Crippen molar-refractivity contribution in [3.8, 4) is 0 Å². The molecule has 0 radical (unpaired) electrons. The first-order valence-corrected chi connectivity index (χ1v) is 10.3. The molecule has 3 rings (SSSR count). The van der Waals surface area contributed by atoms with Crippen LogP contribution >= 0.6 is 0 Å². The van der Waals surface area contributed by atoms with E-state index in [0.717, 1.165) is 25.6 Å². The Kier molecular flexibility index (Phi) is 5.38. The largest absolute Gasteiger partial charge is 0.300 e. The van der Waals surface area contributed by atoms with E-state index in [9.17, 15) is 8.42 Å². The van der Waals surface area contributed by atoms with Crippen molar-refractivity contribution in [1.29, 1.82) is 0 Å². The molecule has 2 heterocycles. The van der Waals surface area contributed by atoms with Crippen LogP contribution in [0.3, 0.4) is 0 Å². The van der Waals surface area contributed by atoms with Crippen molar-refractivity contribution in [1.82, 2.24) is 19.4 Å². The third kappa shape index (κ3) is 3.95. The maximum absolute atomic E-state index is 12.4. The van der Waals surface area contributed by atoms with E-state index in [1.165, 1.54) is 36.8 Å². The van der Waals surface area contributed by atoms with Gasteiger partial charge in [0.15, 0.2) is 5.03 Å². The molecule has 6 nitrogen and oxygen atoms in total. The van der Waals surface area contributed by atoms with Crippen molar-refractivity contribution >= 4 is 10.0 Å². The first kappa shape index (κ1) is 16.9. The second-order valence-electron chi connectivity index (χ2n) is 6.78. The number of hydrogen-bond acceptors (Lipinski definition) is 4. The fourth-order valence-electron chi connectivity index (χ4n) is 3.89. The summed E-state index contributed by atoms with van der Waals surface area (Å²) >= 11 is 0. The molecule has 1 saturated heterocycles. The summed E-state index contributed by atoms with van der Waals surface area (Å²) in [6.07, 6.45) is 9.32. The molecule has 2 aliphatic rings. The predicted octanol–water partition coefficient (Wildman–Crippen LogP) is 1.84. The number of nitrogens with one attached hydrogen (secondary N) is 1. The quantitative estimate of drug-likeness (QED) is 0.858. The highest BCUT2D eigenvalue weighted by Crippen LogP contribution is 2.27. The SMILES string of the molecule is CCn1nccc1S(=O)(=O)NCC1CCN(C2CCCCC2)C1. The monoisotopic (exact) mass is 340 g/mol. The highest BCUT2D eigenvalue weighted by molar-refractivity contribution is 7.89. The van der Waals surface area contributed by atoms with Gasteiger partial charge in [0.2, 0.25) is 0 Å². The lowest BCUT2D eigenvalue weighted by Crippen LogP contribution is -2.36. The van der Waals surface area contributed by atoms with Crippen molar-refractivity contribution in [3.63, 3.8) is 0 Å². The van der Waals surface area contributed by atoms with Gasteiger partial charge in [0.25, 0.3) is 10.0 Å². The molecule has 2 fully saturated rings. The maximum Gasteiger partial charge on any atom is 0.257 e. The summed E-state index contributed by atoms with van der Waals surface area (Å²) in [5, 5.41) is 4.31. The van der Waals surface area contributed by atoms with Crippen molar-refractivity contribution in [2.75, 3.05) is 19.6 Å². The van der Waals surface area contributed by atoms with E-state index in [-0.39, 0.29) is 5.03 Å². The molecule has 1 N–H and O–H groups in total. The Labute approximate surface area is 139 Å². The number of sulfonamides is 1. The Bertz CT molecular complexity index is 607. The summed E-state index contributed by atoms with van der Waals surface area (Å²) in [6.45, 7) is 5.12. The Hall–Kier alpha value is -0.920. The van der Waals surface area contributed by atoms with E-state index in [1.54, 1.807) is 12.3 Å². The van der Waals surface area contributed by atoms with Gasteiger partial charge >= 0.3 is 0 Å². The topological polar surface area (TPSA) is 67.2 Å². The lowest BCUT2D eigenvalue weighted by atomic mass is 9.94. The van der Waals surface area contributed by atoms with Gasteiger partial charge < -0.3 is 4.90 Å². The number of nitrogens with zero attached hydrogens (tertiary/aromatic N) is 3. The average molecular weight is 340 g/mol. The summed E-state index contributed by atoms with van der Waals surface area (Å²) in [6, 6.07) is 2.29. The molecule has 1 saturated carbocycles. The van der Waals surface area contributed by atoms with E-state index in [2.05, 4.69) is 14.7 Å². The van der Waals surface area contributed by atoms with E-state index >= 15 is 0 Å². The molecule has 1 atom stereocenters. The van der Waals surface area contributed by atoms with E-state index in [1.807, 2.05) is 6.92 Å². The zero-order valence-corrected chi connectivity index (χ0v) is 14.8. The van der Waals surface area contributed by atoms with Gasteiger partial charge in [-0.1, -0.05) is 19.3 Å². The van der Waals surface area contributed by atoms with Crippen LogP contribution in [0.25, 0.3) is 0 Å². The van der Waals surface area contributed by atoms with Crippen molar-refractivity contribution < 1.29 is 8.42 Å². The Morgan fingerprint density at radius 3 is 2.78 bits per heavy atom. The van der Waals surface area contributed by atoms with E-state index < -0.39 is 10.0 Å². The number of rotatable bonds is 6. The molecule has 7 heteroatoms.